The van der Waals surface area contributed by atoms with Gasteiger partial charge in [-0.25, -0.2) is 9.48 Å². The van der Waals surface area contributed by atoms with Gasteiger partial charge in [0.25, 0.3) is 5.78 Å². The molecule has 0 atom stereocenters. The highest BCUT2D eigenvalue weighted by Crippen LogP contribution is 2.24. The molecular formula is C17H12N2O3. The molecule has 1 N–H and O–H groups in total. The van der Waals surface area contributed by atoms with Crippen molar-refractivity contribution in [2.75, 3.05) is 0 Å². The van der Waals surface area contributed by atoms with Crippen LogP contribution in [0, 0.1) is 0 Å². The Morgan fingerprint density at radius 3 is 2.09 bits per heavy atom. The van der Waals surface area contributed by atoms with Crippen LogP contribution in [0.4, 0.5) is 0 Å². The van der Waals surface area contributed by atoms with Gasteiger partial charge in [0.1, 0.15) is 5.69 Å². The van der Waals surface area contributed by atoms with Crippen LogP contribution in [-0.4, -0.2) is 26.6 Å². The molecule has 1 aromatic heterocycles. The molecule has 0 spiro atoms. The first-order valence-corrected chi connectivity index (χ1v) is 6.65. The predicted octanol–water partition coefficient (Wildman–Crippen LogP) is 2.81. The Balaban J connectivity index is 2.19. The second kappa shape index (κ2) is 5.65. The molecule has 5 nitrogen and oxygen atoms in total. The lowest BCUT2D eigenvalue weighted by atomic mass is 10.1. The second-order valence-electron chi connectivity index (χ2n) is 4.66. The van der Waals surface area contributed by atoms with Gasteiger partial charge < -0.3 is 5.11 Å². The molecule has 0 unspecified atom stereocenters. The fourth-order valence-electron chi connectivity index (χ4n) is 2.18. The summed E-state index contributed by atoms with van der Waals surface area (Å²) in [5.41, 5.74) is 2.18. The highest BCUT2D eigenvalue weighted by atomic mass is 16.4. The van der Waals surface area contributed by atoms with Crippen molar-refractivity contribution in [2.45, 2.75) is 0 Å². The molecule has 0 aliphatic rings. The topological polar surface area (TPSA) is 72.2 Å². The Labute approximate surface area is 126 Å². The van der Waals surface area contributed by atoms with Gasteiger partial charge in [0.2, 0.25) is 0 Å². The lowest BCUT2D eigenvalue weighted by Gasteiger charge is -2.07. The first-order chi connectivity index (χ1) is 10.7. The maximum Gasteiger partial charge on any atom is 0.379 e. The van der Waals surface area contributed by atoms with E-state index in [1.54, 1.807) is 4.68 Å². The number of carbonyl (C=O) groups is 2. The van der Waals surface area contributed by atoms with E-state index >= 15 is 0 Å². The van der Waals surface area contributed by atoms with Gasteiger partial charge in [0.15, 0.2) is 0 Å². The van der Waals surface area contributed by atoms with Crippen LogP contribution in [0.15, 0.2) is 66.7 Å². The average Bonchev–Trinajstić information content (AvgIpc) is 3.01. The molecule has 1 heterocycles. The van der Waals surface area contributed by atoms with Gasteiger partial charge in [-0.15, -0.1) is 0 Å². The molecule has 0 saturated heterocycles. The number of carboxylic acids is 1. The molecule has 108 valence electrons. The molecule has 2 aromatic carbocycles. The number of rotatable bonds is 4. The Morgan fingerprint density at radius 1 is 0.909 bits per heavy atom. The van der Waals surface area contributed by atoms with E-state index in [0.29, 0.717) is 5.69 Å². The molecular weight excluding hydrogens is 280 g/mol. The van der Waals surface area contributed by atoms with Crippen LogP contribution in [0.1, 0.15) is 10.5 Å². The van der Waals surface area contributed by atoms with Crippen molar-refractivity contribution in [3.63, 3.8) is 0 Å². The monoisotopic (exact) mass is 292 g/mol. The van der Waals surface area contributed by atoms with E-state index in [-0.39, 0.29) is 5.69 Å². The van der Waals surface area contributed by atoms with E-state index in [1.807, 2.05) is 60.7 Å². The van der Waals surface area contributed by atoms with Crippen molar-refractivity contribution in [1.82, 2.24) is 9.78 Å². The van der Waals surface area contributed by atoms with Gasteiger partial charge >= 0.3 is 5.97 Å². The number of ketones is 1. The zero-order valence-electron chi connectivity index (χ0n) is 11.5. The van der Waals surface area contributed by atoms with E-state index in [0.717, 1.165) is 11.3 Å². The highest BCUT2D eigenvalue weighted by molar-refractivity contribution is 6.39. The minimum absolute atomic E-state index is 0.0878. The van der Waals surface area contributed by atoms with Crippen molar-refractivity contribution >= 4 is 11.8 Å². The number of nitrogens with zero attached hydrogens (tertiary/aromatic N) is 2. The number of hydrogen-bond donors (Lipinski definition) is 1. The van der Waals surface area contributed by atoms with Crippen molar-refractivity contribution in [3.05, 3.63) is 72.4 Å². The Bertz CT molecular complexity index is 767. The quantitative estimate of drug-likeness (QED) is 0.593. The summed E-state index contributed by atoms with van der Waals surface area (Å²) in [6, 6.07) is 20.1. The minimum atomic E-state index is -1.52. The number of aliphatic carboxylic acids is 1. The summed E-state index contributed by atoms with van der Waals surface area (Å²) in [4.78, 5) is 22.6. The molecule has 22 heavy (non-hydrogen) atoms. The van der Waals surface area contributed by atoms with Gasteiger partial charge in [-0.3, -0.25) is 4.79 Å². The highest BCUT2D eigenvalue weighted by Gasteiger charge is 2.21. The third kappa shape index (κ3) is 2.52. The molecule has 5 heteroatoms. The van der Waals surface area contributed by atoms with Crippen molar-refractivity contribution in [1.29, 1.82) is 0 Å². The number of benzene rings is 2. The maximum absolute atomic E-state index is 11.7. The molecule has 0 aliphatic carbocycles. The summed E-state index contributed by atoms with van der Waals surface area (Å²) in [7, 11) is 0. The van der Waals surface area contributed by atoms with Gasteiger partial charge in [-0.2, -0.15) is 5.10 Å². The fraction of sp³-hybridized carbons (Fsp3) is 0. The lowest BCUT2D eigenvalue weighted by molar-refractivity contribution is -0.131. The Hall–Kier alpha value is -3.21. The number of para-hydroxylation sites is 1. The van der Waals surface area contributed by atoms with Crippen LogP contribution < -0.4 is 0 Å². The van der Waals surface area contributed by atoms with Crippen LogP contribution in [-0.2, 0) is 4.79 Å². The number of aromatic nitrogens is 2. The van der Waals surface area contributed by atoms with Crippen LogP contribution in [0.5, 0.6) is 0 Å². The molecule has 0 fully saturated rings. The fourth-order valence-corrected chi connectivity index (χ4v) is 2.18. The smallest absolute Gasteiger partial charge is 0.379 e. The van der Waals surface area contributed by atoms with Gasteiger partial charge in [-0.05, 0) is 18.2 Å². The Morgan fingerprint density at radius 2 is 1.50 bits per heavy atom. The number of carbonyl (C=O) groups excluding carboxylic acids is 1. The zero-order valence-corrected chi connectivity index (χ0v) is 11.5. The third-order valence-electron chi connectivity index (χ3n) is 3.21. The summed E-state index contributed by atoms with van der Waals surface area (Å²) in [5.74, 6) is -2.54. The normalized spacial score (nSPS) is 10.4. The van der Waals surface area contributed by atoms with Crippen LogP contribution in [0.2, 0.25) is 0 Å². The molecule has 0 bridgehead atoms. The number of hydrogen-bond acceptors (Lipinski definition) is 3. The van der Waals surface area contributed by atoms with Gasteiger partial charge in [-0.1, -0.05) is 48.5 Å². The summed E-state index contributed by atoms with van der Waals surface area (Å²) >= 11 is 0. The van der Waals surface area contributed by atoms with E-state index in [4.69, 9.17) is 5.11 Å². The number of Topliss-reactive ketones (excluding diaryl/α,β-unsaturated/α-hetero) is 1. The first kappa shape index (κ1) is 13.8. The standard InChI is InChI=1S/C17H12N2O3/c20-16(17(21)22)14-11-15(12-7-3-1-4-8-12)19(18-14)13-9-5-2-6-10-13/h1-11H,(H,21,22). The largest absolute Gasteiger partial charge is 0.475 e. The van der Waals surface area contributed by atoms with E-state index < -0.39 is 11.8 Å². The van der Waals surface area contributed by atoms with Crippen LogP contribution in [0.25, 0.3) is 16.9 Å². The van der Waals surface area contributed by atoms with Gasteiger partial charge in [0, 0.05) is 5.56 Å². The predicted molar refractivity (Wildman–Crippen MR) is 81.0 cm³/mol. The van der Waals surface area contributed by atoms with E-state index in [1.165, 1.54) is 6.07 Å². The lowest BCUT2D eigenvalue weighted by Crippen LogP contribution is -2.13. The van der Waals surface area contributed by atoms with E-state index in [9.17, 15) is 9.59 Å². The summed E-state index contributed by atoms with van der Waals surface area (Å²) in [6.07, 6.45) is 0. The molecule has 3 rings (SSSR count). The maximum atomic E-state index is 11.7. The van der Waals surface area contributed by atoms with Crippen molar-refractivity contribution < 1.29 is 14.7 Å². The zero-order chi connectivity index (χ0) is 15.5. The second-order valence-corrected chi connectivity index (χ2v) is 4.66. The van der Waals surface area contributed by atoms with Crippen molar-refractivity contribution in [2.24, 2.45) is 0 Å². The molecule has 0 aliphatic heterocycles. The average molecular weight is 292 g/mol. The molecule has 0 amide bonds. The third-order valence-corrected chi connectivity index (χ3v) is 3.21. The first-order valence-electron chi connectivity index (χ1n) is 6.65. The van der Waals surface area contributed by atoms with Crippen molar-refractivity contribution in [3.8, 4) is 16.9 Å². The Kier molecular flexibility index (Phi) is 3.53. The summed E-state index contributed by atoms with van der Waals surface area (Å²) < 4.78 is 1.57. The number of carboxylic acid groups (broad SMARTS) is 1. The molecule has 0 saturated carbocycles. The van der Waals surface area contributed by atoms with Crippen LogP contribution >= 0.6 is 0 Å². The van der Waals surface area contributed by atoms with E-state index in [2.05, 4.69) is 5.10 Å². The molecule has 3 aromatic rings. The summed E-state index contributed by atoms with van der Waals surface area (Å²) in [6.45, 7) is 0. The SMILES string of the molecule is O=C(O)C(=O)c1cc(-c2ccccc2)n(-c2ccccc2)n1. The van der Waals surface area contributed by atoms with Gasteiger partial charge in [0.05, 0.1) is 11.4 Å². The summed E-state index contributed by atoms with van der Waals surface area (Å²) in [5, 5.41) is 13.0. The molecule has 0 radical (unpaired) electrons. The van der Waals surface area contributed by atoms with Crippen LogP contribution in [0.3, 0.4) is 0 Å². The minimum Gasteiger partial charge on any atom is -0.475 e.